The van der Waals surface area contributed by atoms with Gasteiger partial charge in [0.1, 0.15) is 11.2 Å². The molecule has 0 saturated heterocycles. The van der Waals surface area contributed by atoms with Crippen molar-refractivity contribution in [2.24, 2.45) is 0 Å². The van der Waals surface area contributed by atoms with Crippen molar-refractivity contribution in [2.75, 3.05) is 0 Å². The predicted molar refractivity (Wildman–Crippen MR) is 243 cm³/mol. The Morgan fingerprint density at radius 3 is 1.93 bits per heavy atom. The minimum Gasteiger partial charge on any atom is -0.456 e. The molecule has 274 valence electrons. The minimum atomic E-state index is 0.705. The lowest BCUT2D eigenvalue weighted by Gasteiger charge is -2.13. The first-order valence-electron chi connectivity index (χ1n) is 19.8. The summed E-state index contributed by atoms with van der Waals surface area (Å²) in [5, 5.41) is 8.00. The molecule has 0 spiro atoms. The minimum absolute atomic E-state index is 0.705. The fourth-order valence-electron chi connectivity index (χ4n) is 9.03. The molecule has 0 amide bonds. The van der Waals surface area contributed by atoms with Crippen LogP contribution in [0.4, 0.5) is 0 Å². The third kappa shape index (κ3) is 5.10. The summed E-state index contributed by atoms with van der Waals surface area (Å²) in [6.07, 6.45) is 0.794. The molecule has 4 heterocycles. The van der Waals surface area contributed by atoms with E-state index in [-0.39, 0.29) is 0 Å². The van der Waals surface area contributed by atoms with Crippen molar-refractivity contribution in [3.05, 3.63) is 181 Å². The first kappa shape index (κ1) is 32.5. The highest BCUT2D eigenvalue weighted by Gasteiger charge is 2.26. The van der Waals surface area contributed by atoms with E-state index in [1.54, 1.807) is 0 Å². The first-order valence-corrected chi connectivity index (χ1v) is 20.6. The monoisotopic (exact) mass is 770 g/mol. The van der Waals surface area contributed by atoms with Gasteiger partial charge in [0, 0.05) is 76.1 Å². The Balaban J connectivity index is 0.928. The molecule has 1 aliphatic rings. The van der Waals surface area contributed by atoms with E-state index in [1.807, 2.05) is 41.7 Å². The molecule has 0 atom stereocenters. The molecule has 1 aliphatic carbocycles. The maximum absolute atomic E-state index is 6.16. The van der Waals surface area contributed by atoms with E-state index in [2.05, 4.69) is 140 Å². The van der Waals surface area contributed by atoms with Crippen LogP contribution < -0.4 is 0 Å². The summed E-state index contributed by atoms with van der Waals surface area (Å²) in [7, 11) is 0. The molecule has 0 aliphatic heterocycles. The van der Waals surface area contributed by atoms with Gasteiger partial charge in [-0.2, -0.15) is 0 Å². The highest BCUT2D eigenvalue weighted by Crippen LogP contribution is 2.43. The maximum Gasteiger partial charge on any atom is 0.160 e. The van der Waals surface area contributed by atoms with Gasteiger partial charge < -0.3 is 4.42 Å². The third-order valence-corrected chi connectivity index (χ3v) is 13.0. The molecule has 13 rings (SSSR count). The van der Waals surface area contributed by atoms with Crippen molar-refractivity contribution >= 4 is 75.1 Å². The normalized spacial score (nSPS) is 12.3. The van der Waals surface area contributed by atoms with Crippen molar-refractivity contribution in [1.82, 2.24) is 19.9 Å². The van der Waals surface area contributed by atoms with Gasteiger partial charge in [-0.1, -0.05) is 115 Å². The lowest BCUT2D eigenvalue weighted by Crippen LogP contribution is -1.99. The smallest absolute Gasteiger partial charge is 0.160 e. The number of nitrogens with zero attached hydrogens (tertiary/aromatic N) is 4. The summed E-state index contributed by atoms with van der Waals surface area (Å²) in [5.74, 6) is 1.43. The van der Waals surface area contributed by atoms with Crippen molar-refractivity contribution < 1.29 is 4.42 Å². The second-order valence-corrected chi connectivity index (χ2v) is 16.4. The molecular weight excluding hydrogens is 741 g/mol. The fraction of sp³-hybridized carbons (Fsp3) is 0.0189. The Bertz CT molecular complexity index is 3730. The van der Waals surface area contributed by atoms with Crippen molar-refractivity contribution in [2.45, 2.75) is 6.42 Å². The number of aromatic nitrogens is 4. The topological polar surface area (TPSA) is 64.7 Å². The summed E-state index contributed by atoms with van der Waals surface area (Å²) in [6, 6.07) is 59.9. The lowest BCUT2D eigenvalue weighted by molar-refractivity contribution is 0.669. The fourth-order valence-corrected chi connectivity index (χ4v) is 10.2. The number of rotatable bonds is 4. The Morgan fingerprint density at radius 2 is 1.03 bits per heavy atom. The maximum atomic E-state index is 6.16. The molecule has 8 aromatic carbocycles. The van der Waals surface area contributed by atoms with E-state index in [0.717, 1.165) is 101 Å². The summed E-state index contributed by atoms with van der Waals surface area (Å²) < 4.78 is 8.68. The first-order chi connectivity index (χ1) is 29.2. The summed E-state index contributed by atoms with van der Waals surface area (Å²) in [5.41, 5.74) is 13.3. The van der Waals surface area contributed by atoms with Gasteiger partial charge in [0.2, 0.25) is 0 Å². The second-order valence-electron chi connectivity index (χ2n) is 15.4. The number of hydrogen-bond acceptors (Lipinski definition) is 6. The van der Waals surface area contributed by atoms with E-state index in [0.29, 0.717) is 5.82 Å². The number of furan rings is 1. The largest absolute Gasteiger partial charge is 0.456 e. The van der Waals surface area contributed by atoms with Gasteiger partial charge in [-0.15, -0.1) is 11.3 Å². The van der Waals surface area contributed by atoms with Crippen LogP contribution in [0.1, 0.15) is 11.1 Å². The zero-order valence-electron chi connectivity index (χ0n) is 31.5. The molecule has 6 heteroatoms. The van der Waals surface area contributed by atoms with Crippen LogP contribution in [-0.2, 0) is 6.42 Å². The quantitative estimate of drug-likeness (QED) is 0.178. The zero-order valence-corrected chi connectivity index (χ0v) is 32.3. The van der Waals surface area contributed by atoms with Crippen LogP contribution in [0.25, 0.3) is 120 Å². The predicted octanol–water partition coefficient (Wildman–Crippen LogP) is 14.1. The van der Waals surface area contributed by atoms with E-state index < -0.39 is 0 Å². The van der Waals surface area contributed by atoms with Crippen LogP contribution in [0, 0.1) is 0 Å². The van der Waals surface area contributed by atoms with Crippen LogP contribution in [0.3, 0.4) is 0 Å². The zero-order chi connectivity index (χ0) is 38.6. The molecule has 0 radical (unpaired) electrons. The van der Waals surface area contributed by atoms with Crippen LogP contribution >= 0.6 is 11.3 Å². The number of thiophene rings is 1. The molecule has 0 N–H and O–H groups in total. The molecule has 4 aromatic heterocycles. The lowest BCUT2D eigenvalue weighted by atomic mass is 9.97. The molecule has 0 saturated carbocycles. The van der Waals surface area contributed by atoms with Crippen LogP contribution in [0.15, 0.2) is 174 Å². The number of fused-ring (bicyclic) bond motifs is 11. The van der Waals surface area contributed by atoms with Gasteiger partial charge in [0.15, 0.2) is 11.6 Å². The standard InChI is InChI=1S/C53H30N4OS/c1-2-10-37-32(9-1)27-43-50(56-53(57-51(37)43)35-22-24-46-42(28-35)38-11-4-7-15-45(38)58-46)34-20-18-30-25-33(19-17-31(30)26-34)49-41-13-3-6-14-44(41)54-52(55-49)36-21-23-40-39-12-5-8-16-47(39)59-48(40)29-36/h1-26,28-29H,27H2. The molecule has 0 unspecified atom stereocenters. The Hall–Kier alpha value is -7.54. The van der Waals surface area contributed by atoms with Crippen LogP contribution in [-0.4, -0.2) is 19.9 Å². The Morgan fingerprint density at radius 1 is 0.407 bits per heavy atom. The molecule has 59 heavy (non-hydrogen) atoms. The van der Waals surface area contributed by atoms with Gasteiger partial charge in [-0.3, -0.25) is 0 Å². The van der Waals surface area contributed by atoms with Crippen molar-refractivity contribution in [1.29, 1.82) is 0 Å². The van der Waals surface area contributed by atoms with E-state index >= 15 is 0 Å². The Kier molecular flexibility index (Phi) is 6.88. The average molecular weight is 771 g/mol. The number of para-hydroxylation sites is 2. The summed E-state index contributed by atoms with van der Waals surface area (Å²) >= 11 is 1.81. The van der Waals surface area contributed by atoms with Crippen molar-refractivity contribution in [3.8, 4) is 56.5 Å². The van der Waals surface area contributed by atoms with Crippen molar-refractivity contribution in [3.63, 3.8) is 0 Å². The van der Waals surface area contributed by atoms with E-state index in [1.165, 1.54) is 31.3 Å². The summed E-state index contributed by atoms with van der Waals surface area (Å²) in [6.45, 7) is 0. The van der Waals surface area contributed by atoms with Gasteiger partial charge in [0.25, 0.3) is 0 Å². The van der Waals surface area contributed by atoms with Gasteiger partial charge in [-0.25, -0.2) is 19.9 Å². The number of benzene rings is 8. The second kappa shape index (κ2) is 12.5. The highest BCUT2D eigenvalue weighted by atomic mass is 32.1. The van der Waals surface area contributed by atoms with Crippen LogP contribution in [0.5, 0.6) is 0 Å². The number of hydrogen-bond donors (Lipinski definition) is 0. The SMILES string of the molecule is c1ccc2c(c1)Cc1c(-c3ccc4cc(-c5nc(-c6ccc7c(c6)sc6ccccc67)nc6ccccc56)ccc4c3)nc(-c3ccc4oc5ccccc5c4c3)nc1-2. The van der Waals surface area contributed by atoms with Gasteiger partial charge >= 0.3 is 0 Å². The molecule has 5 nitrogen and oxygen atoms in total. The highest BCUT2D eigenvalue weighted by molar-refractivity contribution is 7.25. The molecule has 0 fully saturated rings. The van der Waals surface area contributed by atoms with Crippen LogP contribution in [0.2, 0.25) is 0 Å². The average Bonchev–Trinajstić information content (AvgIpc) is 3.99. The van der Waals surface area contributed by atoms with Gasteiger partial charge in [0.05, 0.1) is 22.6 Å². The Labute approximate surface area is 341 Å². The summed E-state index contributed by atoms with van der Waals surface area (Å²) in [4.78, 5) is 21.0. The molecular formula is C53H30N4OS. The third-order valence-electron chi connectivity index (χ3n) is 11.9. The van der Waals surface area contributed by atoms with E-state index in [9.17, 15) is 0 Å². The molecule has 12 aromatic rings. The van der Waals surface area contributed by atoms with Gasteiger partial charge in [-0.05, 0) is 70.9 Å². The molecule has 0 bridgehead atoms. The van der Waals surface area contributed by atoms with E-state index in [4.69, 9.17) is 24.4 Å².